The molecule has 102 valence electrons. The molecule has 0 fully saturated rings. The molecule has 0 aliphatic carbocycles. The minimum absolute atomic E-state index is 0.302. The summed E-state index contributed by atoms with van der Waals surface area (Å²) in [4.78, 5) is 21.8. The maximum atomic E-state index is 11.5. The molecule has 0 aliphatic heterocycles. The Morgan fingerprint density at radius 1 is 1.37 bits per heavy atom. The van der Waals surface area contributed by atoms with Crippen molar-refractivity contribution < 1.29 is 19.4 Å². The molecular formula is C13H16N2O4. The van der Waals surface area contributed by atoms with Crippen LogP contribution < -0.4 is 5.84 Å². The van der Waals surface area contributed by atoms with Crippen LogP contribution in [0, 0.1) is 0 Å². The van der Waals surface area contributed by atoms with Crippen LogP contribution in [0.25, 0.3) is 0 Å². The van der Waals surface area contributed by atoms with Crippen LogP contribution >= 0.6 is 0 Å². The van der Waals surface area contributed by atoms with Gasteiger partial charge in [0.05, 0.1) is 6.54 Å². The first-order chi connectivity index (χ1) is 8.99. The van der Waals surface area contributed by atoms with Crippen molar-refractivity contribution in [2.24, 2.45) is 5.84 Å². The highest BCUT2D eigenvalue weighted by atomic mass is 16.5. The van der Waals surface area contributed by atoms with E-state index in [-0.39, 0.29) is 0 Å². The highest BCUT2D eigenvalue weighted by Gasteiger charge is 2.16. The van der Waals surface area contributed by atoms with E-state index in [1.807, 2.05) is 30.3 Å². The number of hydrogen-bond acceptors (Lipinski definition) is 5. The number of hydrazine groups is 1. The number of rotatable bonds is 6. The standard InChI is InChI=1S/C13H16N2O4/c1-15(14)9-11(10-5-3-2-4-6-10)19-13(18)8-7-12(16)17/h2-8,11H,9,14H2,1H3,(H,16,17)/b8-7-. The molecule has 0 radical (unpaired) electrons. The van der Waals surface area contributed by atoms with Crippen LogP contribution in [-0.4, -0.2) is 35.6 Å². The van der Waals surface area contributed by atoms with Gasteiger partial charge in [0.25, 0.3) is 0 Å². The van der Waals surface area contributed by atoms with Crippen LogP contribution in [0.3, 0.4) is 0 Å². The highest BCUT2D eigenvalue weighted by molar-refractivity contribution is 5.90. The molecule has 0 saturated heterocycles. The van der Waals surface area contributed by atoms with E-state index in [0.717, 1.165) is 17.7 Å². The third-order valence-electron chi connectivity index (χ3n) is 2.25. The zero-order chi connectivity index (χ0) is 14.3. The zero-order valence-electron chi connectivity index (χ0n) is 10.5. The molecule has 0 amide bonds. The number of esters is 1. The lowest BCUT2D eigenvalue weighted by molar-refractivity contribution is -0.144. The Labute approximate surface area is 111 Å². The number of carbonyl (C=O) groups excluding carboxylic acids is 1. The number of carbonyl (C=O) groups is 2. The van der Waals surface area contributed by atoms with Gasteiger partial charge >= 0.3 is 11.9 Å². The Kier molecular flexibility index (Phi) is 5.72. The van der Waals surface area contributed by atoms with Gasteiger partial charge in [0.1, 0.15) is 6.10 Å². The summed E-state index contributed by atoms with van der Waals surface area (Å²) in [6.07, 6.45) is 1.05. The zero-order valence-corrected chi connectivity index (χ0v) is 10.5. The minimum Gasteiger partial charge on any atom is -0.478 e. The van der Waals surface area contributed by atoms with Crippen LogP contribution in [0.15, 0.2) is 42.5 Å². The molecule has 6 nitrogen and oxygen atoms in total. The van der Waals surface area contributed by atoms with Crippen molar-refractivity contribution in [1.82, 2.24) is 5.01 Å². The van der Waals surface area contributed by atoms with Gasteiger partial charge in [-0.3, -0.25) is 5.84 Å². The van der Waals surface area contributed by atoms with Crippen LogP contribution in [0.4, 0.5) is 0 Å². The highest BCUT2D eigenvalue weighted by Crippen LogP contribution is 2.17. The Morgan fingerprint density at radius 3 is 2.53 bits per heavy atom. The quantitative estimate of drug-likeness (QED) is 0.340. The first-order valence-electron chi connectivity index (χ1n) is 5.61. The Hall–Kier alpha value is -2.18. The predicted octanol–water partition coefficient (Wildman–Crippen LogP) is 0.717. The van der Waals surface area contributed by atoms with E-state index < -0.39 is 18.0 Å². The summed E-state index contributed by atoms with van der Waals surface area (Å²) in [7, 11) is 1.65. The molecule has 0 saturated carbocycles. The largest absolute Gasteiger partial charge is 0.478 e. The molecule has 0 aliphatic rings. The van der Waals surface area contributed by atoms with Gasteiger partial charge < -0.3 is 9.84 Å². The monoisotopic (exact) mass is 264 g/mol. The van der Waals surface area contributed by atoms with E-state index in [1.165, 1.54) is 5.01 Å². The summed E-state index contributed by atoms with van der Waals surface area (Å²) >= 11 is 0. The van der Waals surface area contributed by atoms with Crippen molar-refractivity contribution >= 4 is 11.9 Å². The van der Waals surface area contributed by atoms with E-state index in [9.17, 15) is 9.59 Å². The fourth-order valence-corrected chi connectivity index (χ4v) is 1.46. The number of aliphatic carboxylic acids is 1. The second kappa shape index (κ2) is 7.30. The number of nitrogens with zero attached hydrogens (tertiary/aromatic N) is 1. The molecule has 1 rings (SSSR count). The van der Waals surface area contributed by atoms with Crippen molar-refractivity contribution in [2.75, 3.05) is 13.6 Å². The normalized spacial score (nSPS) is 12.6. The molecular weight excluding hydrogens is 248 g/mol. The smallest absolute Gasteiger partial charge is 0.331 e. The van der Waals surface area contributed by atoms with Crippen LogP contribution in [-0.2, 0) is 14.3 Å². The van der Waals surface area contributed by atoms with E-state index in [1.54, 1.807) is 7.05 Å². The Balaban J connectivity index is 2.76. The van der Waals surface area contributed by atoms with Crippen molar-refractivity contribution in [3.05, 3.63) is 48.0 Å². The summed E-state index contributed by atoms with van der Waals surface area (Å²) in [6, 6.07) is 9.10. The SMILES string of the molecule is CN(N)CC(OC(=O)/C=C\C(=O)O)c1ccccc1. The van der Waals surface area contributed by atoms with Gasteiger partial charge in [-0.25, -0.2) is 14.6 Å². The lowest BCUT2D eigenvalue weighted by Gasteiger charge is -2.20. The predicted molar refractivity (Wildman–Crippen MR) is 68.9 cm³/mol. The summed E-state index contributed by atoms with van der Waals surface area (Å²) in [5, 5.41) is 9.83. The summed E-state index contributed by atoms with van der Waals surface area (Å²) in [5.74, 6) is 3.63. The van der Waals surface area contributed by atoms with Crippen LogP contribution in [0.1, 0.15) is 11.7 Å². The molecule has 6 heteroatoms. The number of carboxylic acid groups (broad SMARTS) is 1. The summed E-state index contributed by atoms with van der Waals surface area (Å²) in [5.41, 5.74) is 0.789. The average molecular weight is 264 g/mol. The van der Waals surface area contributed by atoms with Crippen molar-refractivity contribution in [2.45, 2.75) is 6.10 Å². The molecule has 1 aromatic carbocycles. The first kappa shape index (κ1) is 14.9. The van der Waals surface area contributed by atoms with Gasteiger partial charge in [0.15, 0.2) is 0 Å². The molecule has 1 aromatic rings. The number of benzene rings is 1. The van der Waals surface area contributed by atoms with Gasteiger partial charge in [-0.05, 0) is 5.56 Å². The second-order valence-electron chi connectivity index (χ2n) is 3.95. The summed E-state index contributed by atoms with van der Waals surface area (Å²) < 4.78 is 5.19. The summed E-state index contributed by atoms with van der Waals surface area (Å²) in [6.45, 7) is 0.302. The number of nitrogens with two attached hydrogens (primary N) is 1. The molecule has 1 unspecified atom stereocenters. The van der Waals surface area contributed by atoms with Gasteiger partial charge in [-0.15, -0.1) is 0 Å². The van der Waals surface area contributed by atoms with Crippen LogP contribution in [0.2, 0.25) is 0 Å². The Morgan fingerprint density at radius 2 is 2.00 bits per heavy atom. The van der Waals surface area contributed by atoms with E-state index >= 15 is 0 Å². The van der Waals surface area contributed by atoms with E-state index in [2.05, 4.69) is 0 Å². The number of likely N-dealkylation sites (N-methyl/N-ethyl adjacent to an activating group) is 1. The topological polar surface area (TPSA) is 92.9 Å². The molecule has 0 heterocycles. The van der Waals surface area contributed by atoms with Gasteiger partial charge in [-0.1, -0.05) is 30.3 Å². The number of ether oxygens (including phenoxy) is 1. The molecule has 1 atom stereocenters. The maximum absolute atomic E-state index is 11.5. The molecule has 19 heavy (non-hydrogen) atoms. The fraction of sp³-hybridized carbons (Fsp3) is 0.231. The minimum atomic E-state index is -1.20. The average Bonchev–Trinajstić information content (AvgIpc) is 2.36. The third kappa shape index (κ3) is 5.80. The van der Waals surface area contributed by atoms with Crippen molar-refractivity contribution in [3.63, 3.8) is 0 Å². The van der Waals surface area contributed by atoms with E-state index in [0.29, 0.717) is 6.54 Å². The fourth-order valence-electron chi connectivity index (χ4n) is 1.46. The third-order valence-corrected chi connectivity index (χ3v) is 2.25. The molecule has 0 bridgehead atoms. The van der Waals surface area contributed by atoms with Gasteiger partial charge in [-0.2, -0.15) is 0 Å². The van der Waals surface area contributed by atoms with E-state index in [4.69, 9.17) is 15.7 Å². The lowest BCUT2D eigenvalue weighted by atomic mass is 10.1. The number of hydrogen-bond donors (Lipinski definition) is 2. The van der Waals surface area contributed by atoms with Gasteiger partial charge in [0, 0.05) is 19.2 Å². The lowest BCUT2D eigenvalue weighted by Crippen LogP contribution is -2.32. The Bertz CT molecular complexity index is 457. The molecule has 3 N–H and O–H groups in total. The van der Waals surface area contributed by atoms with Crippen molar-refractivity contribution in [1.29, 1.82) is 0 Å². The van der Waals surface area contributed by atoms with Crippen molar-refractivity contribution in [3.8, 4) is 0 Å². The van der Waals surface area contributed by atoms with Gasteiger partial charge in [0.2, 0.25) is 0 Å². The van der Waals surface area contributed by atoms with Crippen LogP contribution in [0.5, 0.6) is 0 Å². The number of carboxylic acids is 1. The second-order valence-corrected chi connectivity index (χ2v) is 3.95. The maximum Gasteiger partial charge on any atom is 0.331 e. The molecule has 0 aromatic heterocycles. The molecule has 0 spiro atoms. The first-order valence-corrected chi connectivity index (χ1v) is 5.61.